The zero-order valence-electron chi connectivity index (χ0n) is 10.3. The van der Waals surface area contributed by atoms with Gasteiger partial charge in [-0.3, -0.25) is 4.79 Å². The van der Waals surface area contributed by atoms with E-state index in [-0.39, 0.29) is 5.92 Å². The van der Waals surface area contributed by atoms with E-state index in [0.29, 0.717) is 23.9 Å². The first-order chi connectivity index (χ1) is 9.25. The Morgan fingerprint density at radius 2 is 2.21 bits per heavy atom. The highest BCUT2D eigenvalue weighted by Gasteiger charge is 2.35. The third-order valence-electron chi connectivity index (χ3n) is 3.58. The average molecular weight is 262 g/mol. The van der Waals surface area contributed by atoms with Gasteiger partial charge in [-0.05, 0) is 25.0 Å². The number of hydrogen-bond donors (Lipinski definition) is 1. The number of aromatic nitrogens is 2. The largest absolute Gasteiger partial charge is 0.481 e. The molecule has 2 aromatic heterocycles. The number of aliphatic carboxylic acids is 1. The van der Waals surface area contributed by atoms with Gasteiger partial charge in [-0.2, -0.15) is 4.98 Å². The van der Waals surface area contributed by atoms with Gasteiger partial charge in [0.15, 0.2) is 5.76 Å². The highest BCUT2D eigenvalue weighted by atomic mass is 16.5. The molecule has 19 heavy (non-hydrogen) atoms. The predicted molar refractivity (Wildman–Crippen MR) is 64.3 cm³/mol. The summed E-state index contributed by atoms with van der Waals surface area (Å²) < 4.78 is 10.4. The molecule has 0 amide bonds. The van der Waals surface area contributed by atoms with Crippen LogP contribution in [0.15, 0.2) is 27.3 Å². The summed E-state index contributed by atoms with van der Waals surface area (Å²) in [5, 5.41) is 13.1. The molecule has 0 aliphatic heterocycles. The van der Waals surface area contributed by atoms with Crippen LogP contribution in [0.3, 0.4) is 0 Å². The van der Waals surface area contributed by atoms with Gasteiger partial charge in [0.1, 0.15) is 0 Å². The van der Waals surface area contributed by atoms with E-state index in [1.54, 1.807) is 12.1 Å². The zero-order chi connectivity index (χ0) is 13.2. The Balaban J connectivity index is 1.87. The summed E-state index contributed by atoms with van der Waals surface area (Å²) in [4.78, 5) is 15.5. The van der Waals surface area contributed by atoms with Crippen LogP contribution in [0.5, 0.6) is 0 Å². The lowest BCUT2D eigenvalue weighted by molar-refractivity contribution is -0.143. The summed E-state index contributed by atoms with van der Waals surface area (Å²) in [5.41, 5.74) is 0. The van der Waals surface area contributed by atoms with Crippen molar-refractivity contribution in [1.82, 2.24) is 10.1 Å². The minimum atomic E-state index is -0.789. The average Bonchev–Trinajstić information content (AvgIpc) is 3.09. The summed E-state index contributed by atoms with van der Waals surface area (Å²) in [6.45, 7) is 0. The SMILES string of the molecule is O=C(O)C1CCCCC1c1nc(-c2ccco2)no1. The monoisotopic (exact) mass is 262 g/mol. The van der Waals surface area contributed by atoms with Crippen LogP contribution in [0.1, 0.15) is 37.5 Å². The molecule has 0 saturated heterocycles. The Kier molecular flexibility index (Phi) is 3.06. The number of carbonyl (C=O) groups is 1. The number of hydrogen-bond acceptors (Lipinski definition) is 5. The van der Waals surface area contributed by atoms with Gasteiger partial charge >= 0.3 is 5.97 Å². The van der Waals surface area contributed by atoms with Crippen LogP contribution in [0.2, 0.25) is 0 Å². The van der Waals surface area contributed by atoms with Crippen molar-refractivity contribution in [3.63, 3.8) is 0 Å². The number of carboxylic acid groups (broad SMARTS) is 1. The molecular formula is C13H14N2O4. The van der Waals surface area contributed by atoms with Crippen molar-refractivity contribution >= 4 is 5.97 Å². The van der Waals surface area contributed by atoms with Crippen LogP contribution in [-0.2, 0) is 4.79 Å². The molecule has 2 heterocycles. The minimum absolute atomic E-state index is 0.192. The third kappa shape index (κ3) is 2.25. The molecule has 2 atom stereocenters. The maximum absolute atomic E-state index is 11.3. The van der Waals surface area contributed by atoms with Crippen molar-refractivity contribution in [3.8, 4) is 11.6 Å². The zero-order valence-corrected chi connectivity index (χ0v) is 10.3. The Hall–Kier alpha value is -2.11. The van der Waals surface area contributed by atoms with Crippen LogP contribution >= 0.6 is 0 Å². The third-order valence-corrected chi connectivity index (χ3v) is 3.58. The Morgan fingerprint density at radius 3 is 2.95 bits per heavy atom. The summed E-state index contributed by atoms with van der Waals surface area (Å²) >= 11 is 0. The topological polar surface area (TPSA) is 89.4 Å². The summed E-state index contributed by atoms with van der Waals surface area (Å²) in [7, 11) is 0. The number of carboxylic acids is 1. The molecule has 1 N–H and O–H groups in total. The van der Waals surface area contributed by atoms with Crippen LogP contribution in [-0.4, -0.2) is 21.2 Å². The van der Waals surface area contributed by atoms with Crippen LogP contribution in [0.4, 0.5) is 0 Å². The molecule has 3 rings (SSSR count). The molecule has 100 valence electrons. The van der Waals surface area contributed by atoms with Crippen molar-refractivity contribution < 1.29 is 18.8 Å². The minimum Gasteiger partial charge on any atom is -0.481 e. The molecule has 0 radical (unpaired) electrons. The molecule has 2 aromatic rings. The van der Waals surface area contributed by atoms with Gasteiger partial charge in [0.25, 0.3) is 0 Å². The number of rotatable bonds is 3. The van der Waals surface area contributed by atoms with Crippen molar-refractivity contribution in [2.45, 2.75) is 31.6 Å². The highest BCUT2D eigenvalue weighted by molar-refractivity contribution is 5.71. The van der Waals surface area contributed by atoms with Gasteiger partial charge in [0, 0.05) is 0 Å². The molecule has 6 heteroatoms. The lowest BCUT2D eigenvalue weighted by Gasteiger charge is -2.25. The fraction of sp³-hybridized carbons (Fsp3) is 0.462. The second kappa shape index (κ2) is 4.87. The van der Waals surface area contributed by atoms with E-state index in [1.807, 2.05) is 0 Å². The molecule has 0 bridgehead atoms. The molecule has 1 aliphatic rings. The van der Waals surface area contributed by atoms with Crippen LogP contribution in [0.25, 0.3) is 11.6 Å². The second-order valence-electron chi connectivity index (χ2n) is 4.77. The van der Waals surface area contributed by atoms with Gasteiger partial charge in [0.2, 0.25) is 11.7 Å². The molecule has 1 saturated carbocycles. The number of furan rings is 1. The maximum atomic E-state index is 11.3. The fourth-order valence-electron chi connectivity index (χ4n) is 2.61. The molecular weight excluding hydrogens is 248 g/mol. The maximum Gasteiger partial charge on any atom is 0.307 e. The molecule has 0 aromatic carbocycles. The van der Waals surface area contributed by atoms with Crippen molar-refractivity contribution in [2.75, 3.05) is 0 Å². The summed E-state index contributed by atoms with van der Waals surface area (Å²) in [6.07, 6.45) is 4.90. The Bertz CT molecular complexity index is 561. The molecule has 2 unspecified atom stereocenters. The van der Waals surface area contributed by atoms with E-state index >= 15 is 0 Å². The van der Waals surface area contributed by atoms with Crippen LogP contribution in [0, 0.1) is 5.92 Å². The Labute approximate surface area is 109 Å². The standard InChI is InChI=1S/C13H14N2O4/c16-13(17)9-5-2-1-4-8(9)12-14-11(15-19-12)10-6-3-7-18-10/h3,6-9H,1-2,4-5H2,(H,16,17). The fourth-order valence-corrected chi connectivity index (χ4v) is 2.61. The van der Waals surface area contributed by atoms with Gasteiger partial charge in [-0.25, -0.2) is 0 Å². The molecule has 6 nitrogen and oxygen atoms in total. The smallest absolute Gasteiger partial charge is 0.307 e. The van der Waals surface area contributed by atoms with Crippen molar-refractivity contribution in [1.29, 1.82) is 0 Å². The van der Waals surface area contributed by atoms with Crippen LogP contribution < -0.4 is 0 Å². The van der Waals surface area contributed by atoms with Gasteiger partial charge in [0.05, 0.1) is 18.1 Å². The van der Waals surface area contributed by atoms with E-state index < -0.39 is 11.9 Å². The lowest BCUT2D eigenvalue weighted by Crippen LogP contribution is -2.25. The van der Waals surface area contributed by atoms with E-state index in [9.17, 15) is 9.90 Å². The van der Waals surface area contributed by atoms with Gasteiger partial charge in [-0.15, -0.1) is 0 Å². The van der Waals surface area contributed by atoms with E-state index in [0.717, 1.165) is 19.3 Å². The predicted octanol–water partition coefficient (Wildman–Crippen LogP) is 2.69. The van der Waals surface area contributed by atoms with Crippen molar-refractivity contribution in [2.24, 2.45) is 5.92 Å². The summed E-state index contributed by atoms with van der Waals surface area (Å²) in [5.74, 6) is -0.116. The number of nitrogens with zero attached hydrogens (tertiary/aromatic N) is 2. The highest BCUT2D eigenvalue weighted by Crippen LogP contribution is 2.37. The van der Waals surface area contributed by atoms with Crippen molar-refractivity contribution in [3.05, 3.63) is 24.3 Å². The Morgan fingerprint density at radius 1 is 1.37 bits per heavy atom. The first-order valence-electron chi connectivity index (χ1n) is 6.36. The van der Waals surface area contributed by atoms with Gasteiger partial charge < -0.3 is 14.0 Å². The van der Waals surface area contributed by atoms with E-state index in [4.69, 9.17) is 8.94 Å². The molecule has 1 aliphatic carbocycles. The first kappa shape index (κ1) is 12.0. The normalized spacial score (nSPS) is 23.4. The van der Waals surface area contributed by atoms with E-state index in [1.165, 1.54) is 6.26 Å². The lowest BCUT2D eigenvalue weighted by atomic mass is 9.79. The summed E-state index contributed by atoms with van der Waals surface area (Å²) in [6, 6.07) is 3.48. The molecule has 1 fully saturated rings. The van der Waals surface area contributed by atoms with E-state index in [2.05, 4.69) is 10.1 Å². The first-order valence-corrected chi connectivity index (χ1v) is 6.36. The molecule has 0 spiro atoms. The van der Waals surface area contributed by atoms with Gasteiger partial charge in [-0.1, -0.05) is 18.0 Å². The second-order valence-corrected chi connectivity index (χ2v) is 4.77. The quantitative estimate of drug-likeness (QED) is 0.914.